The van der Waals surface area contributed by atoms with E-state index < -0.39 is 0 Å². The van der Waals surface area contributed by atoms with Crippen molar-refractivity contribution in [1.29, 1.82) is 5.26 Å². The van der Waals surface area contributed by atoms with Crippen LogP contribution in [0.4, 0.5) is 5.95 Å². The van der Waals surface area contributed by atoms with Crippen molar-refractivity contribution in [2.75, 3.05) is 11.9 Å². The Morgan fingerprint density at radius 2 is 1.84 bits per heavy atom. The third kappa shape index (κ3) is 4.39. The highest BCUT2D eigenvalue weighted by Gasteiger charge is 2.07. The molecular formula is C19H14N4O2. The minimum absolute atomic E-state index is 0.130. The standard InChI is InChI=1S/C19H14N4O2/c20-12-14-6-8-15(9-7-14)17-10-11-21-19(22-17)23-18(24)13-25-16-4-2-1-3-5-16/h1-11H,13H2,(H,21,22,23,24). The monoisotopic (exact) mass is 330 g/mol. The van der Waals surface area contributed by atoms with Gasteiger partial charge < -0.3 is 4.74 Å². The molecule has 6 heteroatoms. The van der Waals surface area contributed by atoms with Gasteiger partial charge in [0.25, 0.3) is 5.91 Å². The number of rotatable bonds is 5. The summed E-state index contributed by atoms with van der Waals surface area (Å²) in [5, 5.41) is 11.4. The first-order valence-corrected chi connectivity index (χ1v) is 7.56. The van der Waals surface area contributed by atoms with Crippen LogP contribution in [-0.2, 0) is 4.79 Å². The van der Waals surface area contributed by atoms with Crippen LogP contribution in [0.3, 0.4) is 0 Å². The minimum Gasteiger partial charge on any atom is -0.484 e. The van der Waals surface area contributed by atoms with Crippen LogP contribution in [0, 0.1) is 11.3 Å². The van der Waals surface area contributed by atoms with Crippen LogP contribution in [0.5, 0.6) is 5.75 Å². The molecule has 0 atom stereocenters. The van der Waals surface area contributed by atoms with E-state index in [1.807, 2.05) is 18.2 Å². The lowest BCUT2D eigenvalue weighted by Gasteiger charge is -2.07. The Kier molecular flexibility index (Phi) is 4.98. The van der Waals surface area contributed by atoms with Crippen LogP contribution in [0.1, 0.15) is 5.56 Å². The first kappa shape index (κ1) is 16.1. The Hall–Kier alpha value is -3.72. The maximum Gasteiger partial charge on any atom is 0.264 e. The first-order chi connectivity index (χ1) is 12.2. The van der Waals surface area contributed by atoms with Crippen LogP contribution in [-0.4, -0.2) is 22.5 Å². The molecule has 0 radical (unpaired) electrons. The summed E-state index contributed by atoms with van der Waals surface area (Å²) in [6.45, 7) is -0.130. The molecule has 0 bridgehead atoms. The molecule has 1 aromatic heterocycles. The highest BCUT2D eigenvalue weighted by Crippen LogP contribution is 2.18. The zero-order chi connectivity index (χ0) is 17.5. The fraction of sp³-hybridized carbons (Fsp3) is 0.0526. The predicted octanol–water partition coefficient (Wildman–Crippen LogP) is 3.03. The van der Waals surface area contributed by atoms with Crippen LogP contribution in [0.15, 0.2) is 66.9 Å². The second-order valence-corrected chi connectivity index (χ2v) is 5.10. The molecule has 3 aromatic rings. The maximum atomic E-state index is 12.0. The van der Waals surface area contributed by atoms with Crippen molar-refractivity contribution in [3.63, 3.8) is 0 Å². The van der Waals surface area contributed by atoms with E-state index in [9.17, 15) is 4.79 Å². The van der Waals surface area contributed by atoms with Crippen LogP contribution in [0.25, 0.3) is 11.3 Å². The average Bonchev–Trinajstić information content (AvgIpc) is 2.67. The van der Waals surface area contributed by atoms with Gasteiger partial charge in [0, 0.05) is 11.8 Å². The maximum absolute atomic E-state index is 12.0. The second-order valence-electron chi connectivity index (χ2n) is 5.10. The van der Waals surface area contributed by atoms with E-state index in [1.165, 1.54) is 0 Å². The van der Waals surface area contributed by atoms with Gasteiger partial charge in [-0.2, -0.15) is 5.26 Å². The number of hydrogen-bond acceptors (Lipinski definition) is 5. The second kappa shape index (κ2) is 7.70. The number of aromatic nitrogens is 2. The molecule has 0 fully saturated rings. The zero-order valence-electron chi connectivity index (χ0n) is 13.2. The summed E-state index contributed by atoms with van der Waals surface area (Å²) < 4.78 is 5.38. The van der Waals surface area contributed by atoms with E-state index in [4.69, 9.17) is 10.00 Å². The summed E-state index contributed by atoms with van der Waals surface area (Å²) in [6, 6.07) is 19.9. The number of para-hydroxylation sites is 1. The minimum atomic E-state index is -0.346. The van der Waals surface area contributed by atoms with Gasteiger partial charge in [-0.1, -0.05) is 30.3 Å². The molecular weight excluding hydrogens is 316 g/mol. The molecule has 1 amide bonds. The Morgan fingerprint density at radius 1 is 1.08 bits per heavy atom. The van der Waals surface area contributed by atoms with E-state index in [0.717, 1.165) is 5.56 Å². The zero-order valence-corrected chi connectivity index (χ0v) is 13.2. The highest BCUT2D eigenvalue weighted by atomic mass is 16.5. The highest BCUT2D eigenvalue weighted by molar-refractivity contribution is 5.90. The van der Waals surface area contributed by atoms with Crippen molar-refractivity contribution in [2.45, 2.75) is 0 Å². The molecule has 1 heterocycles. The molecule has 25 heavy (non-hydrogen) atoms. The Morgan fingerprint density at radius 3 is 2.56 bits per heavy atom. The van der Waals surface area contributed by atoms with Crippen LogP contribution < -0.4 is 10.1 Å². The Labute approximate surface area is 144 Å². The van der Waals surface area contributed by atoms with Crippen molar-refractivity contribution in [3.05, 3.63) is 72.4 Å². The van der Waals surface area contributed by atoms with Crippen molar-refractivity contribution in [1.82, 2.24) is 9.97 Å². The van der Waals surface area contributed by atoms with Gasteiger partial charge >= 0.3 is 0 Å². The number of nitriles is 1. The molecule has 122 valence electrons. The largest absolute Gasteiger partial charge is 0.484 e. The molecule has 0 saturated carbocycles. The summed E-state index contributed by atoms with van der Waals surface area (Å²) in [5.41, 5.74) is 2.06. The molecule has 0 unspecified atom stereocenters. The molecule has 0 spiro atoms. The predicted molar refractivity (Wildman–Crippen MR) is 92.7 cm³/mol. The van der Waals surface area contributed by atoms with Gasteiger partial charge in [-0.25, -0.2) is 9.97 Å². The molecule has 3 rings (SSSR count). The van der Waals surface area contributed by atoms with E-state index in [2.05, 4.69) is 21.4 Å². The summed E-state index contributed by atoms with van der Waals surface area (Å²) >= 11 is 0. The lowest BCUT2D eigenvalue weighted by Crippen LogP contribution is -2.21. The summed E-state index contributed by atoms with van der Waals surface area (Å²) in [6.07, 6.45) is 1.56. The van der Waals surface area contributed by atoms with Gasteiger partial charge in [0.1, 0.15) is 5.75 Å². The number of hydrogen-bond donors (Lipinski definition) is 1. The third-order valence-electron chi connectivity index (χ3n) is 3.33. The molecule has 0 aliphatic carbocycles. The molecule has 2 aromatic carbocycles. The lowest BCUT2D eigenvalue weighted by molar-refractivity contribution is -0.118. The van der Waals surface area contributed by atoms with Gasteiger partial charge in [-0.05, 0) is 30.3 Å². The number of nitrogens with one attached hydrogen (secondary N) is 1. The normalized spacial score (nSPS) is 9.88. The van der Waals surface area contributed by atoms with Gasteiger partial charge in [0.05, 0.1) is 17.3 Å². The van der Waals surface area contributed by atoms with Crippen molar-refractivity contribution < 1.29 is 9.53 Å². The first-order valence-electron chi connectivity index (χ1n) is 7.56. The summed E-state index contributed by atoms with van der Waals surface area (Å²) in [4.78, 5) is 20.3. The van der Waals surface area contributed by atoms with E-state index in [-0.39, 0.29) is 18.5 Å². The molecule has 6 nitrogen and oxygen atoms in total. The van der Waals surface area contributed by atoms with E-state index in [0.29, 0.717) is 17.0 Å². The Bertz CT molecular complexity index is 903. The van der Waals surface area contributed by atoms with Gasteiger partial charge in [-0.3, -0.25) is 10.1 Å². The number of amides is 1. The summed E-state index contributed by atoms with van der Waals surface area (Å²) in [7, 11) is 0. The quantitative estimate of drug-likeness (QED) is 0.777. The SMILES string of the molecule is N#Cc1ccc(-c2ccnc(NC(=O)COc3ccccc3)n2)cc1. The number of carbonyl (C=O) groups excluding carboxylic acids is 1. The lowest BCUT2D eigenvalue weighted by atomic mass is 10.1. The topological polar surface area (TPSA) is 87.9 Å². The number of anilines is 1. The fourth-order valence-corrected chi connectivity index (χ4v) is 2.12. The number of benzene rings is 2. The van der Waals surface area contributed by atoms with Crippen LogP contribution in [0.2, 0.25) is 0 Å². The van der Waals surface area contributed by atoms with Gasteiger partial charge in [0.2, 0.25) is 5.95 Å². The third-order valence-corrected chi connectivity index (χ3v) is 3.33. The molecule has 0 aliphatic rings. The fourth-order valence-electron chi connectivity index (χ4n) is 2.12. The smallest absolute Gasteiger partial charge is 0.264 e. The van der Waals surface area contributed by atoms with Gasteiger partial charge in [0.15, 0.2) is 6.61 Å². The van der Waals surface area contributed by atoms with Crippen LogP contribution >= 0.6 is 0 Å². The van der Waals surface area contributed by atoms with E-state index in [1.54, 1.807) is 48.7 Å². The number of nitrogens with zero attached hydrogens (tertiary/aromatic N) is 3. The van der Waals surface area contributed by atoms with Crippen molar-refractivity contribution in [3.8, 4) is 23.1 Å². The molecule has 1 N–H and O–H groups in total. The van der Waals surface area contributed by atoms with Crippen molar-refractivity contribution in [2.24, 2.45) is 0 Å². The Balaban J connectivity index is 1.64. The summed E-state index contributed by atoms with van der Waals surface area (Å²) in [5.74, 6) is 0.467. The van der Waals surface area contributed by atoms with Gasteiger partial charge in [-0.15, -0.1) is 0 Å². The van der Waals surface area contributed by atoms with Crippen molar-refractivity contribution >= 4 is 11.9 Å². The molecule has 0 saturated heterocycles. The van der Waals surface area contributed by atoms with E-state index >= 15 is 0 Å². The number of ether oxygens (including phenoxy) is 1. The number of carbonyl (C=O) groups is 1. The molecule has 0 aliphatic heterocycles. The average molecular weight is 330 g/mol.